The molecule has 4 N–H and O–H groups in total. The van der Waals surface area contributed by atoms with Crippen LogP contribution in [0.2, 0.25) is 0 Å². The normalized spacial score (nSPS) is 10.7. The molecule has 0 aliphatic carbocycles. The summed E-state index contributed by atoms with van der Waals surface area (Å²) in [6, 6.07) is 0. The highest BCUT2D eigenvalue weighted by Gasteiger charge is 2.00. The van der Waals surface area contributed by atoms with Crippen LogP contribution in [0.25, 0.3) is 0 Å². The van der Waals surface area contributed by atoms with Gasteiger partial charge in [-0.15, -0.1) is 0 Å². The van der Waals surface area contributed by atoms with Gasteiger partial charge in [-0.1, -0.05) is 12.8 Å². The second kappa shape index (κ2) is 21.8. The summed E-state index contributed by atoms with van der Waals surface area (Å²) in [5, 5.41) is 12.0. The van der Waals surface area contributed by atoms with E-state index in [-0.39, 0.29) is 11.8 Å². The molecule has 0 atom stereocenters. The molecule has 0 heterocycles. The van der Waals surface area contributed by atoms with Crippen LogP contribution in [0.3, 0.4) is 0 Å². The lowest BCUT2D eigenvalue weighted by Gasteiger charge is -2.07. The molecule has 0 radical (unpaired) electrons. The molecule has 0 spiro atoms. The van der Waals surface area contributed by atoms with Crippen molar-refractivity contribution in [3.63, 3.8) is 0 Å². The maximum atomic E-state index is 11.5. The number of rotatable bonds is 20. The molecule has 0 saturated heterocycles. The van der Waals surface area contributed by atoms with Crippen LogP contribution < -0.4 is 21.3 Å². The summed E-state index contributed by atoms with van der Waals surface area (Å²) in [6.45, 7) is 5.17. The molecule has 0 saturated carbocycles. The first-order valence-corrected chi connectivity index (χ1v) is 12.5. The van der Waals surface area contributed by atoms with Gasteiger partial charge in [0.2, 0.25) is 11.8 Å². The van der Waals surface area contributed by atoms with Crippen LogP contribution in [0.1, 0.15) is 25.7 Å². The molecule has 0 unspecified atom stereocenters. The van der Waals surface area contributed by atoms with E-state index >= 15 is 0 Å². The van der Waals surface area contributed by atoms with Gasteiger partial charge >= 0.3 is 0 Å². The summed E-state index contributed by atoms with van der Waals surface area (Å²) in [5.41, 5.74) is 0. The first-order valence-electron chi connectivity index (χ1n) is 9.71. The smallest absolute Gasteiger partial charge is 0.233 e. The van der Waals surface area contributed by atoms with Gasteiger partial charge in [0.15, 0.2) is 0 Å². The number of ether oxygens (including phenoxy) is 1. The fourth-order valence-corrected chi connectivity index (χ4v) is 2.78. The molecule has 0 fully saturated rings. The van der Waals surface area contributed by atoms with Gasteiger partial charge in [-0.2, -0.15) is 23.5 Å². The number of hydrogen-bond donors (Lipinski definition) is 4. The Balaban J connectivity index is 3.16. The number of hydrogen-bond acceptors (Lipinski definition) is 7. The van der Waals surface area contributed by atoms with Crippen molar-refractivity contribution in [2.45, 2.75) is 25.7 Å². The summed E-state index contributed by atoms with van der Waals surface area (Å²) in [4.78, 5) is 22.9. The average molecular weight is 423 g/mol. The number of amides is 2. The minimum atomic E-state index is 0.0371. The third-order valence-corrected chi connectivity index (χ3v) is 4.87. The van der Waals surface area contributed by atoms with Crippen molar-refractivity contribution in [3.05, 3.63) is 0 Å². The molecule has 0 bridgehead atoms. The molecule has 160 valence electrons. The lowest BCUT2D eigenvalue weighted by atomic mass is 10.2. The van der Waals surface area contributed by atoms with Crippen LogP contribution in [-0.4, -0.2) is 88.3 Å². The minimum Gasteiger partial charge on any atom is -0.380 e. The summed E-state index contributed by atoms with van der Waals surface area (Å²) < 4.78 is 5.55. The Labute approximate surface area is 173 Å². The number of unbranched alkanes of at least 4 members (excludes halogenated alkanes) is 3. The lowest BCUT2D eigenvalue weighted by molar-refractivity contribution is -0.120. The zero-order valence-corrected chi connectivity index (χ0v) is 18.6. The van der Waals surface area contributed by atoms with Crippen LogP contribution in [0.5, 0.6) is 0 Å². The van der Waals surface area contributed by atoms with Crippen molar-refractivity contribution in [2.75, 3.05) is 76.5 Å². The predicted octanol–water partition coefficient (Wildman–Crippen LogP) is 0.701. The fraction of sp³-hybridized carbons (Fsp3) is 0.889. The van der Waals surface area contributed by atoms with Gasteiger partial charge in [0.1, 0.15) is 0 Å². The number of nitrogens with one attached hydrogen (secondary N) is 4. The van der Waals surface area contributed by atoms with E-state index < -0.39 is 0 Å². The Morgan fingerprint density at radius 1 is 0.704 bits per heavy atom. The van der Waals surface area contributed by atoms with Crippen molar-refractivity contribution in [1.82, 2.24) is 21.3 Å². The van der Waals surface area contributed by atoms with Crippen LogP contribution in [0.4, 0.5) is 0 Å². The van der Waals surface area contributed by atoms with Gasteiger partial charge in [-0.25, -0.2) is 0 Å². The molecule has 2 amide bonds. The Hall–Kier alpha value is -0.480. The highest BCUT2D eigenvalue weighted by molar-refractivity contribution is 7.98. The molecule has 0 aliphatic heterocycles. The van der Waals surface area contributed by atoms with Crippen LogP contribution in [0, 0.1) is 0 Å². The second-order valence-corrected chi connectivity index (χ2v) is 8.04. The Bertz CT molecular complexity index is 331. The highest BCUT2D eigenvalue weighted by Crippen LogP contribution is 1.99. The van der Waals surface area contributed by atoms with E-state index in [9.17, 15) is 9.59 Å². The molecule has 9 heteroatoms. The molecule has 7 nitrogen and oxygen atoms in total. The minimum absolute atomic E-state index is 0.0371. The molecular weight excluding hydrogens is 384 g/mol. The van der Waals surface area contributed by atoms with Gasteiger partial charge in [-0.3, -0.25) is 9.59 Å². The number of thioether (sulfide) groups is 2. The van der Waals surface area contributed by atoms with Gasteiger partial charge in [0.25, 0.3) is 0 Å². The highest BCUT2D eigenvalue weighted by atomic mass is 32.2. The van der Waals surface area contributed by atoms with E-state index in [1.165, 1.54) is 0 Å². The van der Waals surface area contributed by atoms with E-state index in [1.54, 1.807) is 23.5 Å². The molecule has 0 aliphatic rings. The quantitative estimate of drug-likeness (QED) is 0.215. The van der Waals surface area contributed by atoms with Crippen LogP contribution >= 0.6 is 23.5 Å². The largest absolute Gasteiger partial charge is 0.380 e. The van der Waals surface area contributed by atoms with E-state index in [1.807, 2.05) is 12.5 Å². The molecule has 0 aromatic rings. The molecule has 0 aromatic heterocycles. The molecule has 0 rings (SSSR count). The Morgan fingerprint density at radius 3 is 1.85 bits per heavy atom. The average Bonchev–Trinajstić information content (AvgIpc) is 2.66. The van der Waals surface area contributed by atoms with E-state index in [0.717, 1.165) is 63.4 Å². The third kappa shape index (κ3) is 21.7. The standard InChI is InChI=1S/C18H38N4O3S2/c1-26-13-9-21-17(23)15-19-7-5-3-4-6-11-25-12-8-20-16-18(24)22-10-14-27-2/h19-20H,3-16H2,1-2H3,(H,21,23)(H,22,24). The van der Waals surface area contributed by atoms with Crippen molar-refractivity contribution < 1.29 is 14.3 Å². The van der Waals surface area contributed by atoms with E-state index in [4.69, 9.17) is 4.74 Å². The zero-order chi connectivity index (χ0) is 20.0. The van der Waals surface area contributed by atoms with Gasteiger partial charge in [0.05, 0.1) is 19.7 Å². The number of carbonyl (C=O) groups excluding carboxylic acids is 2. The monoisotopic (exact) mass is 422 g/mol. The third-order valence-electron chi connectivity index (χ3n) is 3.64. The summed E-state index contributed by atoms with van der Waals surface area (Å²) in [5.74, 6) is 2.01. The summed E-state index contributed by atoms with van der Waals surface area (Å²) in [6.07, 6.45) is 8.44. The zero-order valence-electron chi connectivity index (χ0n) is 16.9. The molecule has 0 aromatic carbocycles. The summed E-state index contributed by atoms with van der Waals surface area (Å²) >= 11 is 3.45. The lowest BCUT2D eigenvalue weighted by Crippen LogP contribution is -2.36. The van der Waals surface area contributed by atoms with Crippen LogP contribution in [-0.2, 0) is 14.3 Å². The van der Waals surface area contributed by atoms with Crippen LogP contribution in [0.15, 0.2) is 0 Å². The van der Waals surface area contributed by atoms with Crippen molar-refractivity contribution in [3.8, 4) is 0 Å². The van der Waals surface area contributed by atoms with E-state index in [0.29, 0.717) is 26.2 Å². The summed E-state index contributed by atoms with van der Waals surface area (Å²) in [7, 11) is 0. The van der Waals surface area contributed by atoms with Crippen molar-refractivity contribution in [2.24, 2.45) is 0 Å². The molecular formula is C18H38N4O3S2. The van der Waals surface area contributed by atoms with Gasteiger partial charge in [-0.05, 0) is 31.9 Å². The first kappa shape index (κ1) is 26.5. The maximum absolute atomic E-state index is 11.5. The van der Waals surface area contributed by atoms with Crippen molar-refractivity contribution in [1.29, 1.82) is 0 Å². The molecule has 27 heavy (non-hydrogen) atoms. The Kier molecular flexibility index (Phi) is 21.4. The predicted molar refractivity (Wildman–Crippen MR) is 118 cm³/mol. The first-order chi connectivity index (χ1) is 13.2. The maximum Gasteiger partial charge on any atom is 0.233 e. The van der Waals surface area contributed by atoms with Gasteiger partial charge in [0, 0.05) is 37.7 Å². The second-order valence-electron chi connectivity index (χ2n) is 6.07. The SMILES string of the molecule is CSCCNC(=O)CNCCCCCCOCCNCC(=O)NCCSC. The topological polar surface area (TPSA) is 91.5 Å². The van der Waals surface area contributed by atoms with Gasteiger partial charge < -0.3 is 26.0 Å². The number of carbonyl (C=O) groups is 2. The van der Waals surface area contributed by atoms with E-state index in [2.05, 4.69) is 21.3 Å². The fourth-order valence-electron chi connectivity index (χ4n) is 2.17. The Morgan fingerprint density at radius 2 is 1.26 bits per heavy atom. The van der Waals surface area contributed by atoms with Crippen molar-refractivity contribution >= 4 is 35.3 Å².